The van der Waals surface area contributed by atoms with Gasteiger partial charge >= 0.3 is 0 Å². The number of hydrogen-bond donors (Lipinski definition) is 1. The Labute approximate surface area is 98.5 Å². The Morgan fingerprint density at radius 3 is 2.12 bits per heavy atom. The van der Waals surface area contributed by atoms with Crippen LogP contribution in [0, 0.1) is 0 Å². The van der Waals surface area contributed by atoms with E-state index < -0.39 is 5.60 Å². The van der Waals surface area contributed by atoms with E-state index in [0.717, 1.165) is 25.7 Å². The van der Waals surface area contributed by atoms with Gasteiger partial charge < -0.3 is 5.11 Å². The molecule has 2 rings (SSSR count). The van der Waals surface area contributed by atoms with Gasteiger partial charge in [0.1, 0.15) is 0 Å². The molecule has 1 nitrogen and oxygen atoms in total. The highest BCUT2D eigenvalue weighted by Crippen LogP contribution is 2.43. The summed E-state index contributed by atoms with van der Waals surface area (Å²) in [6.07, 6.45) is 5.47. The van der Waals surface area contributed by atoms with Crippen LogP contribution in [0.3, 0.4) is 0 Å². The van der Waals surface area contributed by atoms with Gasteiger partial charge in [0.05, 0.1) is 5.60 Å². The molecule has 1 saturated carbocycles. The van der Waals surface area contributed by atoms with Crippen LogP contribution in [0.15, 0.2) is 30.3 Å². The van der Waals surface area contributed by atoms with Gasteiger partial charge in [0.15, 0.2) is 0 Å². The quantitative estimate of drug-likeness (QED) is 0.803. The molecular weight excluding hydrogens is 196 g/mol. The van der Waals surface area contributed by atoms with E-state index in [-0.39, 0.29) is 5.41 Å². The van der Waals surface area contributed by atoms with Crippen LogP contribution in [0.1, 0.15) is 51.5 Å². The number of benzene rings is 1. The molecule has 16 heavy (non-hydrogen) atoms. The van der Waals surface area contributed by atoms with Crippen LogP contribution >= 0.6 is 0 Å². The molecule has 0 aliphatic heterocycles. The second-order valence-electron chi connectivity index (χ2n) is 5.58. The molecule has 0 bridgehead atoms. The molecule has 1 fully saturated rings. The average molecular weight is 218 g/mol. The lowest BCUT2D eigenvalue weighted by atomic mass is 9.64. The Hall–Kier alpha value is -0.820. The standard InChI is InChI=1S/C15H22O/c1-14(2,13-9-5-3-6-10-13)15(16)11-7-4-8-12-15/h3,5-6,9-10,16H,4,7-8,11-12H2,1-2H3. The largest absolute Gasteiger partial charge is 0.389 e. The third-order valence-electron chi connectivity index (χ3n) is 4.34. The molecule has 1 N–H and O–H groups in total. The maximum atomic E-state index is 10.9. The minimum absolute atomic E-state index is 0.144. The molecule has 0 amide bonds. The maximum Gasteiger partial charge on any atom is 0.0738 e. The third kappa shape index (κ3) is 1.89. The summed E-state index contributed by atoms with van der Waals surface area (Å²) in [7, 11) is 0. The maximum absolute atomic E-state index is 10.9. The minimum atomic E-state index is -0.521. The highest BCUT2D eigenvalue weighted by atomic mass is 16.3. The molecule has 1 aromatic rings. The first kappa shape index (κ1) is 11.7. The summed E-state index contributed by atoms with van der Waals surface area (Å²) in [6, 6.07) is 10.4. The monoisotopic (exact) mass is 218 g/mol. The van der Waals surface area contributed by atoms with Crippen LogP contribution in [-0.4, -0.2) is 10.7 Å². The minimum Gasteiger partial charge on any atom is -0.389 e. The lowest BCUT2D eigenvalue weighted by Gasteiger charge is -2.45. The molecule has 0 unspecified atom stereocenters. The fourth-order valence-electron chi connectivity index (χ4n) is 2.89. The Kier molecular flexibility index (Phi) is 3.07. The van der Waals surface area contributed by atoms with Crippen LogP contribution in [-0.2, 0) is 5.41 Å². The van der Waals surface area contributed by atoms with Crippen molar-refractivity contribution in [1.29, 1.82) is 0 Å². The summed E-state index contributed by atoms with van der Waals surface area (Å²) in [5.74, 6) is 0. The number of aliphatic hydroxyl groups is 1. The second kappa shape index (κ2) is 4.21. The fourth-order valence-corrected chi connectivity index (χ4v) is 2.89. The Morgan fingerprint density at radius 2 is 1.56 bits per heavy atom. The molecule has 1 heteroatoms. The topological polar surface area (TPSA) is 20.2 Å². The fraction of sp³-hybridized carbons (Fsp3) is 0.600. The van der Waals surface area contributed by atoms with E-state index >= 15 is 0 Å². The number of hydrogen-bond acceptors (Lipinski definition) is 1. The van der Waals surface area contributed by atoms with E-state index in [9.17, 15) is 5.11 Å². The third-order valence-corrected chi connectivity index (χ3v) is 4.34. The molecule has 0 spiro atoms. The molecular formula is C15H22O. The molecule has 88 valence electrons. The van der Waals surface area contributed by atoms with Crippen molar-refractivity contribution in [3.63, 3.8) is 0 Å². The van der Waals surface area contributed by atoms with Crippen molar-refractivity contribution in [1.82, 2.24) is 0 Å². The van der Waals surface area contributed by atoms with Crippen LogP contribution in [0.25, 0.3) is 0 Å². The van der Waals surface area contributed by atoms with Crippen molar-refractivity contribution >= 4 is 0 Å². The second-order valence-corrected chi connectivity index (χ2v) is 5.58. The van der Waals surface area contributed by atoms with E-state index in [1.807, 2.05) is 6.07 Å². The van der Waals surface area contributed by atoms with Crippen molar-refractivity contribution < 1.29 is 5.11 Å². The van der Waals surface area contributed by atoms with Gasteiger partial charge in [-0.2, -0.15) is 0 Å². The predicted molar refractivity (Wildman–Crippen MR) is 67.5 cm³/mol. The normalized spacial score (nSPS) is 20.7. The van der Waals surface area contributed by atoms with Crippen LogP contribution in [0.5, 0.6) is 0 Å². The molecule has 0 saturated heterocycles. The number of rotatable bonds is 2. The Morgan fingerprint density at radius 1 is 1.00 bits per heavy atom. The molecule has 0 atom stereocenters. The van der Waals surface area contributed by atoms with Gasteiger partial charge in [-0.25, -0.2) is 0 Å². The van der Waals surface area contributed by atoms with Gasteiger partial charge in [0.25, 0.3) is 0 Å². The van der Waals surface area contributed by atoms with Gasteiger partial charge in [-0.3, -0.25) is 0 Å². The highest BCUT2D eigenvalue weighted by Gasteiger charge is 2.44. The molecule has 0 radical (unpaired) electrons. The van der Waals surface area contributed by atoms with Gasteiger partial charge in [-0.1, -0.05) is 63.4 Å². The van der Waals surface area contributed by atoms with Crippen molar-refractivity contribution in [3.8, 4) is 0 Å². The average Bonchev–Trinajstić information content (AvgIpc) is 2.31. The summed E-state index contributed by atoms with van der Waals surface area (Å²) < 4.78 is 0. The SMILES string of the molecule is CC(C)(c1ccccc1)C1(O)CCCCC1. The molecule has 1 aliphatic rings. The predicted octanol–water partition coefficient (Wildman–Crippen LogP) is 3.66. The lowest BCUT2D eigenvalue weighted by Crippen LogP contribution is -2.49. The van der Waals surface area contributed by atoms with Crippen molar-refractivity contribution in [3.05, 3.63) is 35.9 Å². The van der Waals surface area contributed by atoms with E-state index in [2.05, 4.69) is 38.1 Å². The van der Waals surface area contributed by atoms with E-state index in [1.54, 1.807) is 0 Å². The lowest BCUT2D eigenvalue weighted by molar-refractivity contribution is -0.0559. The molecule has 1 aromatic carbocycles. The first-order valence-electron chi connectivity index (χ1n) is 6.34. The molecule has 0 heterocycles. The summed E-state index contributed by atoms with van der Waals surface area (Å²) in [5, 5.41) is 10.9. The van der Waals surface area contributed by atoms with Gasteiger partial charge in [-0.05, 0) is 18.4 Å². The smallest absolute Gasteiger partial charge is 0.0738 e. The molecule has 1 aliphatic carbocycles. The van der Waals surface area contributed by atoms with Crippen LogP contribution < -0.4 is 0 Å². The molecule has 0 aromatic heterocycles. The van der Waals surface area contributed by atoms with E-state index in [4.69, 9.17) is 0 Å². The van der Waals surface area contributed by atoms with Crippen molar-refractivity contribution in [2.45, 2.75) is 57.0 Å². The summed E-state index contributed by atoms with van der Waals surface area (Å²) in [4.78, 5) is 0. The van der Waals surface area contributed by atoms with Gasteiger partial charge in [0.2, 0.25) is 0 Å². The zero-order valence-electron chi connectivity index (χ0n) is 10.4. The van der Waals surface area contributed by atoms with E-state index in [1.165, 1.54) is 12.0 Å². The first-order chi connectivity index (χ1) is 7.56. The summed E-state index contributed by atoms with van der Waals surface area (Å²) in [5.41, 5.74) is 0.584. The zero-order chi connectivity index (χ0) is 11.6. The highest BCUT2D eigenvalue weighted by molar-refractivity contribution is 5.28. The Bertz CT molecular complexity index is 334. The van der Waals surface area contributed by atoms with Crippen LogP contribution in [0.4, 0.5) is 0 Å². The Balaban J connectivity index is 2.30. The zero-order valence-corrected chi connectivity index (χ0v) is 10.4. The van der Waals surface area contributed by atoms with Gasteiger partial charge in [0, 0.05) is 5.41 Å². The first-order valence-corrected chi connectivity index (χ1v) is 6.34. The van der Waals surface area contributed by atoms with E-state index in [0.29, 0.717) is 0 Å². The van der Waals surface area contributed by atoms with Crippen molar-refractivity contribution in [2.75, 3.05) is 0 Å². The van der Waals surface area contributed by atoms with Gasteiger partial charge in [-0.15, -0.1) is 0 Å². The van der Waals surface area contributed by atoms with Crippen molar-refractivity contribution in [2.24, 2.45) is 0 Å². The summed E-state index contributed by atoms with van der Waals surface area (Å²) in [6.45, 7) is 4.35. The van der Waals surface area contributed by atoms with Crippen LogP contribution in [0.2, 0.25) is 0 Å². The summed E-state index contributed by atoms with van der Waals surface area (Å²) >= 11 is 0.